The van der Waals surface area contributed by atoms with Gasteiger partial charge in [0.25, 0.3) is 5.88 Å². The number of aromatic nitrogens is 3. The van der Waals surface area contributed by atoms with Gasteiger partial charge >= 0.3 is 5.97 Å². The lowest BCUT2D eigenvalue weighted by molar-refractivity contribution is 0.0508. The van der Waals surface area contributed by atoms with Crippen LogP contribution in [0.5, 0.6) is 11.6 Å². The van der Waals surface area contributed by atoms with Crippen molar-refractivity contribution < 1.29 is 19.0 Å². The number of H-pyrrole nitrogens is 1. The number of nitrogens with zero attached hydrogens (tertiary/aromatic N) is 2. The highest BCUT2D eigenvalue weighted by atomic mass is 16.5. The third-order valence-corrected chi connectivity index (χ3v) is 6.82. The first-order valence-corrected chi connectivity index (χ1v) is 12.2. The maximum absolute atomic E-state index is 12.0. The Hall–Kier alpha value is -2.57. The molecule has 1 heterocycles. The molecule has 0 amide bonds. The Balaban J connectivity index is 1.21. The zero-order chi connectivity index (χ0) is 22.2. The standard InChI is InChI=1S/C25H35N3O4/c1-2-30-25(29)23-24(27-28-26-23)32-22-14-10-20(11-15-22)19-8-12-21(13-9-19)31-17-16-18-6-4-3-5-7-18/h8-9,12-13,18,20,22H,2-7,10-11,14-17H2,1H3,(H,26,27,28). The molecule has 7 heteroatoms. The summed E-state index contributed by atoms with van der Waals surface area (Å²) in [6, 6.07) is 8.64. The van der Waals surface area contributed by atoms with Gasteiger partial charge in [0.1, 0.15) is 11.9 Å². The first-order chi connectivity index (χ1) is 15.7. The van der Waals surface area contributed by atoms with E-state index in [2.05, 4.69) is 39.7 Å². The van der Waals surface area contributed by atoms with Gasteiger partial charge in [0.2, 0.25) is 5.69 Å². The van der Waals surface area contributed by atoms with Gasteiger partial charge in [-0.25, -0.2) is 9.89 Å². The number of carbonyl (C=O) groups excluding carboxylic acids is 1. The van der Waals surface area contributed by atoms with E-state index in [4.69, 9.17) is 14.2 Å². The van der Waals surface area contributed by atoms with Gasteiger partial charge in [-0.3, -0.25) is 0 Å². The van der Waals surface area contributed by atoms with Crippen LogP contribution in [0, 0.1) is 5.92 Å². The third-order valence-electron chi connectivity index (χ3n) is 6.82. The van der Waals surface area contributed by atoms with Crippen molar-refractivity contribution in [2.75, 3.05) is 13.2 Å². The molecule has 2 aliphatic rings. The van der Waals surface area contributed by atoms with E-state index in [0.717, 1.165) is 44.0 Å². The molecular formula is C25H35N3O4. The molecule has 0 saturated heterocycles. The quantitative estimate of drug-likeness (QED) is 0.522. The van der Waals surface area contributed by atoms with Crippen LogP contribution in [0.3, 0.4) is 0 Å². The van der Waals surface area contributed by atoms with E-state index < -0.39 is 5.97 Å². The summed E-state index contributed by atoms with van der Waals surface area (Å²) in [6.45, 7) is 2.88. The summed E-state index contributed by atoms with van der Waals surface area (Å²) in [4.78, 5) is 12.0. The molecule has 0 atom stereocenters. The lowest BCUT2D eigenvalue weighted by atomic mass is 9.83. The van der Waals surface area contributed by atoms with Crippen LogP contribution in [0.4, 0.5) is 0 Å². The van der Waals surface area contributed by atoms with Crippen molar-refractivity contribution in [1.29, 1.82) is 0 Å². The molecule has 2 aromatic rings. The molecule has 1 aromatic heterocycles. The fraction of sp³-hybridized carbons (Fsp3) is 0.640. The molecule has 1 aromatic carbocycles. The van der Waals surface area contributed by atoms with E-state index in [1.165, 1.54) is 44.1 Å². The van der Waals surface area contributed by atoms with Gasteiger partial charge in [0.05, 0.1) is 13.2 Å². The summed E-state index contributed by atoms with van der Waals surface area (Å²) in [5.41, 5.74) is 1.55. The fourth-order valence-corrected chi connectivity index (χ4v) is 4.96. The molecule has 0 unspecified atom stereocenters. The van der Waals surface area contributed by atoms with Crippen LogP contribution in [0.1, 0.15) is 93.1 Å². The molecule has 2 fully saturated rings. The minimum atomic E-state index is -0.484. The van der Waals surface area contributed by atoms with E-state index in [1.807, 2.05) is 0 Å². The van der Waals surface area contributed by atoms with Gasteiger partial charge in [0.15, 0.2) is 0 Å². The molecule has 174 valence electrons. The molecule has 1 N–H and O–H groups in total. The van der Waals surface area contributed by atoms with Crippen molar-refractivity contribution in [3.05, 3.63) is 35.5 Å². The molecule has 7 nitrogen and oxygen atoms in total. The zero-order valence-electron chi connectivity index (χ0n) is 19.1. The number of esters is 1. The Morgan fingerprint density at radius 3 is 2.50 bits per heavy atom. The summed E-state index contributed by atoms with van der Waals surface area (Å²) in [5, 5.41) is 10.2. The summed E-state index contributed by atoms with van der Waals surface area (Å²) in [7, 11) is 0. The molecule has 2 aliphatic carbocycles. The van der Waals surface area contributed by atoms with Crippen molar-refractivity contribution in [3.63, 3.8) is 0 Å². The topological polar surface area (TPSA) is 86.3 Å². The third kappa shape index (κ3) is 6.02. The van der Waals surface area contributed by atoms with E-state index in [9.17, 15) is 4.79 Å². The second kappa shape index (κ2) is 11.3. The van der Waals surface area contributed by atoms with E-state index in [1.54, 1.807) is 6.92 Å². The number of rotatable bonds is 9. The Labute approximate surface area is 190 Å². The highest BCUT2D eigenvalue weighted by Crippen LogP contribution is 2.35. The van der Waals surface area contributed by atoms with Crippen molar-refractivity contribution in [2.24, 2.45) is 5.92 Å². The number of ether oxygens (including phenoxy) is 3. The van der Waals surface area contributed by atoms with Crippen molar-refractivity contribution in [2.45, 2.75) is 83.2 Å². The number of hydrogen-bond acceptors (Lipinski definition) is 6. The smallest absolute Gasteiger partial charge is 0.362 e. The average molecular weight is 442 g/mol. The Morgan fingerprint density at radius 1 is 1.03 bits per heavy atom. The minimum Gasteiger partial charge on any atom is -0.494 e. The Bertz CT molecular complexity index is 837. The van der Waals surface area contributed by atoms with Gasteiger partial charge in [-0.2, -0.15) is 0 Å². The van der Waals surface area contributed by atoms with E-state index in [0.29, 0.717) is 12.5 Å². The summed E-state index contributed by atoms with van der Waals surface area (Å²) in [5.74, 6) is 2.10. The molecule has 0 bridgehead atoms. The van der Waals surface area contributed by atoms with E-state index >= 15 is 0 Å². The molecule has 0 radical (unpaired) electrons. The first-order valence-electron chi connectivity index (χ1n) is 12.2. The van der Waals surface area contributed by atoms with Crippen LogP contribution in [-0.2, 0) is 4.74 Å². The summed E-state index contributed by atoms with van der Waals surface area (Å²) >= 11 is 0. The highest BCUT2D eigenvalue weighted by molar-refractivity contribution is 5.89. The SMILES string of the molecule is CCOC(=O)c1[nH]nnc1OC1CCC(c2ccc(OCCC3CCCCC3)cc2)CC1. The van der Waals surface area contributed by atoms with Crippen LogP contribution in [0.15, 0.2) is 24.3 Å². The van der Waals surface area contributed by atoms with Crippen LogP contribution < -0.4 is 9.47 Å². The van der Waals surface area contributed by atoms with Crippen LogP contribution >= 0.6 is 0 Å². The summed E-state index contributed by atoms with van der Waals surface area (Å²) in [6.07, 6.45) is 12.0. The second-order valence-corrected chi connectivity index (χ2v) is 9.01. The largest absolute Gasteiger partial charge is 0.494 e. The fourth-order valence-electron chi connectivity index (χ4n) is 4.96. The predicted octanol–water partition coefficient (Wildman–Crippen LogP) is 5.44. The first kappa shape index (κ1) is 22.6. The van der Waals surface area contributed by atoms with Gasteiger partial charge < -0.3 is 14.2 Å². The normalized spacial score (nSPS) is 21.8. The number of nitrogens with one attached hydrogen (secondary N) is 1. The lowest BCUT2D eigenvalue weighted by Crippen LogP contribution is -2.24. The van der Waals surface area contributed by atoms with Crippen molar-refractivity contribution in [1.82, 2.24) is 15.4 Å². The monoisotopic (exact) mass is 441 g/mol. The van der Waals surface area contributed by atoms with Gasteiger partial charge in [0, 0.05) is 0 Å². The number of hydrogen-bond donors (Lipinski definition) is 1. The molecule has 0 spiro atoms. The van der Waals surface area contributed by atoms with Crippen LogP contribution in [0.2, 0.25) is 0 Å². The maximum atomic E-state index is 12.0. The van der Waals surface area contributed by atoms with E-state index in [-0.39, 0.29) is 17.7 Å². The number of aromatic amines is 1. The lowest BCUT2D eigenvalue weighted by Gasteiger charge is -2.28. The summed E-state index contributed by atoms with van der Waals surface area (Å²) < 4.78 is 17.0. The molecule has 32 heavy (non-hydrogen) atoms. The van der Waals surface area contributed by atoms with Gasteiger partial charge in [-0.1, -0.05) is 54.5 Å². The van der Waals surface area contributed by atoms with Crippen LogP contribution in [-0.4, -0.2) is 40.7 Å². The molecular weight excluding hydrogens is 406 g/mol. The molecule has 0 aliphatic heterocycles. The maximum Gasteiger partial charge on any atom is 0.362 e. The van der Waals surface area contributed by atoms with Crippen molar-refractivity contribution >= 4 is 5.97 Å². The Morgan fingerprint density at radius 2 is 1.78 bits per heavy atom. The number of benzene rings is 1. The zero-order valence-corrected chi connectivity index (χ0v) is 19.1. The van der Waals surface area contributed by atoms with Crippen LogP contribution in [0.25, 0.3) is 0 Å². The predicted molar refractivity (Wildman–Crippen MR) is 121 cm³/mol. The second-order valence-electron chi connectivity index (χ2n) is 9.01. The van der Waals surface area contributed by atoms with Gasteiger partial charge in [-0.05, 0) is 68.6 Å². The van der Waals surface area contributed by atoms with Crippen molar-refractivity contribution in [3.8, 4) is 11.6 Å². The minimum absolute atomic E-state index is 0.0342. The molecule has 4 rings (SSSR count). The van der Waals surface area contributed by atoms with Gasteiger partial charge in [-0.15, -0.1) is 0 Å². The highest BCUT2D eigenvalue weighted by Gasteiger charge is 2.27. The average Bonchev–Trinajstić information content (AvgIpc) is 3.29. The molecule has 2 saturated carbocycles. The number of carbonyl (C=O) groups is 1. The Kier molecular flexibility index (Phi) is 8.02.